The largest absolute Gasteiger partial charge is 0.326 e. The van der Waals surface area contributed by atoms with Crippen LogP contribution in [0.4, 0.5) is 4.39 Å². The number of aromatic nitrogens is 2. The fourth-order valence-electron chi connectivity index (χ4n) is 3.97. The number of hydrogen-bond acceptors (Lipinski definition) is 3. The molecular formula is C21H27FN4. The molecule has 26 heavy (non-hydrogen) atoms. The third kappa shape index (κ3) is 3.96. The topological polar surface area (TPSA) is 44.9 Å². The van der Waals surface area contributed by atoms with Crippen LogP contribution >= 0.6 is 0 Å². The molecule has 5 heteroatoms. The summed E-state index contributed by atoms with van der Waals surface area (Å²) >= 11 is 0. The van der Waals surface area contributed by atoms with Crippen molar-refractivity contribution in [3.05, 3.63) is 53.9 Å². The minimum Gasteiger partial charge on any atom is -0.326 e. The monoisotopic (exact) mass is 354 g/mol. The van der Waals surface area contributed by atoms with Gasteiger partial charge in [0.05, 0.1) is 29.5 Å². The molecule has 0 saturated carbocycles. The average Bonchev–Trinajstić information content (AvgIpc) is 3.12. The van der Waals surface area contributed by atoms with E-state index in [4.69, 9.17) is 0 Å². The van der Waals surface area contributed by atoms with Crippen LogP contribution < -0.4 is 0 Å². The molecule has 1 fully saturated rings. The lowest BCUT2D eigenvalue weighted by Gasteiger charge is -2.37. The van der Waals surface area contributed by atoms with Crippen molar-refractivity contribution in [2.45, 2.75) is 52.1 Å². The smallest absolute Gasteiger partial charge is 0.123 e. The maximum atomic E-state index is 13.2. The van der Waals surface area contributed by atoms with Crippen LogP contribution in [0.2, 0.25) is 0 Å². The van der Waals surface area contributed by atoms with Gasteiger partial charge in [0.1, 0.15) is 5.82 Å². The summed E-state index contributed by atoms with van der Waals surface area (Å²) in [6.07, 6.45) is 7.71. The number of benzene rings is 1. The number of rotatable bonds is 6. The Morgan fingerprint density at radius 2 is 1.96 bits per heavy atom. The van der Waals surface area contributed by atoms with Gasteiger partial charge in [-0.05, 0) is 43.9 Å². The Labute approximate surface area is 155 Å². The molecule has 1 aromatic carbocycles. The second-order valence-electron chi connectivity index (χ2n) is 7.44. The number of nitriles is 1. The maximum absolute atomic E-state index is 13.2. The quantitative estimate of drug-likeness (QED) is 0.765. The Kier molecular flexibility index (Phi) is 5.73. The van der Waals surface area contributed by atoms with Gasteiger partial charge in [0.2, 0.25) is 0 Å². The number of nitrogens with zero attached hydrogens (tertiary/aromatic N) is 4. The lowest BCUT2D eigenvalue weighted by molar-refractivity contribution is 0.129. The molecule has 0 radical (unpaired) electrons. The second-order valence-corrected chi connectivity index (χ2v) is 7.44. The van der Waals surface area contributed by atoms with Crippen LogP contribution in [0.25, 0.3) is 0 Å². The van der Waals surface area contributed by atoms with Crippen molar-refractivity contribution in [2.24, 2.45) is 5.41 Å². The first kappa shape index (κ1) is 18.6. The van der Waals surface area contributed by atoms with Crippen molar-refractivity contribution in [1.82, 2.24) is 14.5 Å². The van der Waals surface area contributed by atoms with E-state index in [1.165, 1.54) is 12.1 Å². The molecule has 0 unspecified atom stereocenters. The van der Waals surface area contributed by atoms with Crippen LogP contribution in [0, 0.1) is 22.6 Å². The fourth-order valence-corrected chi connectivity index (χ4v) is 3.97. The number of imidazole rings is 1. The highest BCUT2D eigenvalue weighted by Gasteiger charge is 2.34. The Bertz CT molecular complexity index is 751. The van der Waals surface area contributed by atoms with E-state index in [9.17, 15) is 9.65 Å². The van der Waals surface area contributed by atoms with Crippen LogP contribution in [-0.2, 0) is 6.54 Å². The van der Waals surface area contributed by atoms with Crippen molar-refractivity contribution in [1.29, 1.82) is 5.26 Å². The van der Waals surface area contributed by atoms with E-state index < -0.39 is 0 Å². The van der Waals surface area contributed by atoms with Gasteiger partial charge >= 0.3 is 0 Å². The molecule has 0 bridgehead atoms. The van der Waals surface area contributed by atoms with Crippen LogP contribution in [0.1, 0.15) is 56.8 Å². The average molecular weight is 354 g/mol. The lowest BCUT2D eigenvalue weighted by Crippen LogP contribution is -2.39. The zero-order valence-corrected chi connectivity index (χ0v) is 15.7. The molecule has 1 atom stereocenters. The molecule has 0 amide bonds. The van der Waals surface area contributed by atoms with E-state index in [-0.39, 0.29) is 17.3 Å². The molecule has 0 spiro atoms. The molecule has 1 aliphatic rings. The molecule has 2 aromatic rings. The van der Waals surface area contributed by atoms with Gasteiger partial charge < -0.3 is 4.57 Å². The van der Waals surface area contributed by atoms with Gasteiger partial charge in [-0.2, -0.15) is 5.26 Å². The van der Waals surface area contributed by atoms with Gasteiger partial charge in [-0.15, -0.1) is 0 Å². The summed E-state index contributed by atoms with van der Waals surface area (Å²) in [6.45, 7) is 6.99. The van der Waals surface area contributed by atoms with Gasteiger partial charge in [0.25, 0.3) is 0 Å². The third-order valence-electron chi connectivity index (χ3n) is 5.68. The van der Waals surface area contributed by atoms with Crippen molar-refractivity contribution in [2.75, 3.05) is 13.1 Å². The Morgan fingerprint density at radius 3 is 2.58 bits per heavy atom. The van der Waals surface area contributed by atoms with Gasteiger partial charge in [-0.3, -0.25) is 4.90 Å². The molecule has 3 rings (SSSR count). The molecular weight excluding hydrogens is 327 g/mol. The maximum Gasteiger partial charge on any atom is 0.123 e. The highest BCUT2D eigenvalue weighted by atomic mass is 19.1. The van der Waals surface area contributed by atoms with Gasteiger partial charge in [0, 0.05) is 25.8 Å². The van der Waals surface area contributed by atoms with E-state index in [1.54, 1.807) is 0 Å². The number of piperidine rings is 1. The standard InChI is InChI=1S/C21H27FN4/c1-3-8-21(15-23)9-11-25(12-10-21)14-20-13-24-16-26(20)17(2)18-4-6-19(22)7-5-18/h4-7,13,16-17H,3,8-12,14H2,1-2H3/t17-/m1/s1. The predicted molar refractivity (Wildman–Crippen MR) is 99.9 cm³/mol. The highest BCUT2D eigenvalue weighted by Crippen LogP contribution is 2.35. The first-order valence-electron chi connectivity index (χ1n) is 9.47. The van der Waals surface area contributed by atoms with E-state index in [2.05, 4.69) is 34.4 Å². The minimum atomic E-state index is -0.215. The summed E-state index contributed by atoms with van der Waals surface area (Å²) in [5.41, 5.74) is 2.09. The van der Waals surface area contributed by atoms with E-state index in [0.717, 1.165) is 56.6 Å². The summed E-state index contributed by atoms with van der Waals surface area (Å²) in [7, 11) is 0. The molecule has 0 aliphatic carbocycles. The zero-order chi connectivity index (χ0) is 18.6. The van der Waals surface area contributed by atoms with E-state index >= 15 is 0 Å². The van der Waals surface area contributed by atoms with Gasteiger partial charge in [-0.25, -0.2) is 9.37 Å². The third-order valence-corrected chi connectivity index (χ3v) is 5.68. The summed E-state index contributed by atoms with van der Waals surface area (Å²) in [5.74, 6) is -0.215. The molecule has 2 heterocycles. The zero-order valence-electron chi connectivity index (χ0n) is 15.7. The fraction of sp³-hybridized carbons (Fsp3) is 0.524. The number of halogens is 1. The Balaban J connectivity index is 1.67. The molecule has 1 saturated heterocycles. The number of likely N-dealkylation sites (tertiary alicyclic amines) is 1. The van der Waals surface area contributed by atoms with Crippen LogP contribution in [0.3, 0.4) is 0 Å². The summed E-state index contributed by atoms with van der Waals surface area (Å²) < 4.78 is 15.3. The first-order valence-corrected chi connectivity index (χ1v) is 9.47. The minimum absolute atomic E-state index is 0.108. The lowest BCUT2D eigenvalue weighted by atomic mass is 9.76. The molecule has 1 aliphatic heterocycles. The SMILES string of the molecule is CCCC1(C#N)CCN(Cc2cncn2[C@H](C)c2ccc(F)cc2)CC1. The predicted octanol–water partition coefficient (Wildman–Crippen LogP) is 4.54. The summed E-state index contributed by atoms with van der Waals surface area (Å²) in [6, 6.07) is 9.35. The Hall–Kier alpha value is -2.19. The number of hydrogen-bond donors (Lipinski definition) is 0. The van der Waals surface area contributed by atoms with Gasteiger partial charge in [0.15, 0.2) is 0 Å². The van der Waals surface area contributed by atoms with Crippen LogP contribution in [-0.4, -0.2) is 27.5 Å². The van der Waals surface area contributed by atoms with E-state index in [1.807, 2.05) is 24.7 Å². The molecule has 0 N–H and O–H groups in total. The first-order chi connectivity index (χ1) is 12.6. The summed E-state index contributed by atoms with van der Waals surface area (Å²) in [5, 5.41) is 9.57. The second kappa shape index (κ2) is 8.01. The Morgan fingerprint density at radius 1 is 1.27 bits per heavy atom. The van der Waals surface area contributed by atoms with Crippen molar-refractivity contribution >= 4 is 0 Å². The van der Waals surface area contributed by atoms with Gasteiger partial charge in [-0.1, -0.05) is 25.5 Å². The molecule has 1 aromatic heterocycles. The van der Waals surface area contributed by atoms with E-state index in [0.29, 0.717) is 0 Å². The van der Waals surface area contributed by atoms with Crippen LogP contribution in [0.5, 0.6) is 0 Å². The van der Waals surface area contributed by atoms with Crippen LogP contribution in [0.15, 0.2) is 36.8 Å². The van der Waals surface area contributed by atoms with Crippen molar-refractivity contribution in [3.8, 4) is 6.07 Å². The molecule has 138 valence electrons. The summed E-state index contributed by atoms with van der Waals surface area (Å²) in [4.78, 5) is 6.75. The van der Waals surface area contributed by atoms with Crippen molar-refractivity contribution in [3.63, 3.8) is 0 Å². The van der Waals surface area contributed by atoms with Crippen molar-refractivity contribution < 1.29 is 4.39 Å². The molecule has 4 nitrogen and oxygen atoms in total. The normalized spacial score (nSPS) is 18.4. The highest BCUT2D eigenvalue weighted by molar-refractivity contribution is 5.21.